The third kappa shape index (κ3) is 11.1. The molecule has 0 rings (SSSR count). The van der Waals surface area contributed by atoms with Gasteiger partial charge in [-0.1, -0.05) is 0 Å². The molecule has 0 saturated carbocycles. The molecule has 0 aliphatic rings. The second kappa shape index (κ2) is 10.2. The summed E-state index contributed by atoms with van der Waals surface area (Å²) in [5.41, 5.74) is -0.532. The second-order valence-electron chi connectivity index (χ2n) is 6.07. The number of carbonyl (C=O) groups excluding carboxylic acids is 3. The van der Waals surface area contributed by atoms with Crippen molar-refractivity contribution < 1.29 is 33.5 Å². The lowest BCUT2D eigenvalue weighted by Crippen LogP contribution is -3.13. The van der Waals surface area contributed by atoms with Crippen molar-refractivity contribution >= 4 is 17.9 Å². The zero-order chi connectivity index (χ0) is 17.2. The molecule has 0 amide bonds. The molecular weight excluding hydrogens is 290 g/mol. The van der Waals surface area contributed by atoms with Crippen LogP contribution in [-0.2, 0) is 28.6 Å². The number of hydrogen-bond donors (Lipinski definition) is 1. The molecule has 0 aromatic rings. The highest BCUT2D eigenvalue weighted by Crippen LogP contribution is 2.14. The predicted octanol–water partition coefficient (Wildman–Crippen LogP) is -0.413. The molecule has 128 valence electrons. The molecule has 1 N–H and O–H groups in total. The molecule has 0 bridgehead atoms. The zero-order valence-electron chi connectivity index (χ0n) is 14.2. The van der Waals surface area contributed by atoms with E-state index in [0.29, 0.717) is 19.6 Å². The van der Waals surface area contributed by atoms with Gasteiger partial charge < -0.3 is 19.1 Å². The summed E-state index contributed by atoms with van der Waals surface area (Å²) in [6, 6.07) is 0. The van der Waals surface area contributed by atoms with Gasteiger partial charge in [0.25, 0.3) is 0 Å². The summed E-state index contributed by atoms with van der Waals surface area (Å²) in [7, 11) is 0. The van der Waals surface area contributed by atoms with E-state index in [9.17, 15) is 14.4 Å². The van der Waals surface area contributed by atoms with Gasteiger partial charge in [0.1, 0.15) is 39.5 Å². The van der Waals surface area contributed by atoms with Gasteiger partial charge in [-0.2, -0.15) is 0 Å². The van der Waals surface area contributed by atoms with Crippen LogP contribution in [0, 0.1) is 5.41 Å². The van der Waals surface area contributed by atoms with Crippen LogP contribution in [0.5, 0.6) is 0 Å². The molecule has 0 unspecified atom stereocenters. The SMILES string of the molecule is CC(=O)OCC[NH+](CCOC(C)=O)CCOC(=O)C(C)(C)C. The van der Waals surface area contributed by atoms with Crippen LogP contribution in [0.25, 0.3) is 0 Å². The Morgan fingerprint density at radius 1 is 0.773 bits per heavy atom. The van der Waals surface area contributed by atoms with Gasteiger partial charge in [-0.3, -0.25) is 14.4 Å². The maximum Gasteiger partial charge on any atom is 0.311 e. The summed E-state index contributed by atoms with van der Waals surface area (Å²) in [6.45, 7) is 10.6. The van der Waals surface area contributed by atoms with Crippen LogP contribution in [0.15, 0.2) is 0 Å². The van der Waals surface area contributed by atoms with Gasteiger partial charge in [0.05, 0.1) is 5.41 Å². The van der Waals surface area contributed by atoms with Gasteiger partial charge in [-0.05, 0) is 20.8 Å². The molecule has 0 aromatic carbocycles. The number of esters is 3. The fraction of sp³-hybridized carbons (Fsp3) is 0.800. The number of carbonyl (C=O) groups is 3. The number of rotatable bonds is 9. The summed E-state index contributed by atoms with van der Waals surface area (Å²) < 4.78 is 15.0. The van der Waals surface area contributed by atoms with E-state index < -0.39 is 5.41 Å². The lowest BCUT2D eigenvalue weighted by atomic mass is 9.97. The molecule has 0 heterocycles. The van der Waals surface area contributed by atoms with Crippen LogP contribution in [0.1, 0.15) is 34.6 Å². The maximum absolute atomic E-state index is 11.7. The Kier molecular flexibility index (Phi) is 9.40. The molecule has 0 aromatic heterocycles. The zero-order valence-corrected chi connectivity index (χ0v) is 14.2. The fourth-order valence-corrected chi connectivity index (χ4v) is 1.56. The standard InChI is InChI=1S/C15H27NO6/c1-12(17)20-9-6-16(7-10-21-13(2)18)8-11-22-14(19)15(3,4)5/h6-11H2,1-5H3/p+1. The molecule has 0 spiro atoms. The van der Waals surface area contributed by atoms with Crippen molar-refractivity contribution in [1.29, 1.82) is 0 Å². The number of quaternary nitrogens is 1. The van der Waals surface area contributed by atoms with Gasteiger partial charge in [0.15, 0.2) is 0 Å². The Morgan fingerprint density at radius 2 is 1.14 bits per heavy atom. The molecule has 7 heteroatoms. The van der Waals surface area contributed by atoms with E-state index >= 15 is 0 Å². The van der Waals surface area contributed by atoms with Crippen LogP contribution in [0.3, 0.4) is 0 Å². The van der Waals surface area contributed by atoms with Gasteiger partial charge in [-0.25, -0.2) is 0 Å². The summed E-state index contributed by atoms with van der Waals surface area (Å²) in [4.78, 5) is 34.3. The maximum atomic E-state index is 11.7. The van der Waals surface area contributed by atoms with Gasteiger partial charge in [0.2, 0.25) is 0 Å². The van der Waals surface area contributed by atoms with E-state index in [-0.39, 0.29) is 37.7 Å². The van der Waals surface area contributed by atoms with E-state index in [1.165, 1.54) is 13.8 Å². The normalized spacial score (nSPS) is 11.2. The first kappa shape index (κ1) is 20.4. The fourth-order valence-electron chi connectivity index (χ4n) is 1.56. The quantitative estimate of drug-likeness (QED) is 0.459. The monoisotopic (exact) mass is 318 g/mol. The van der Waals surface area contributed by atoms with Crippen molar-refractivity contribution in [3.05, 3.63) is 0 Å². The van der Waals surface area contributed by atoms with E-state index in [1.807, 2.05) is 0 Å². The number of hydrogen-bond acceptors (Lipinski definition) is 6. The van der Waals surface area contributed by atoms with E-state index in [4.69, 9.17) is 14.2 Å². The predicted molar refractivity (Wildman–Crippen MR) is 79.2 cm³/mol. The smallest absolute Gasteiger partial charge is 0.311 e. The average molecular weight is 318 g/mol. The Hall–Kier alpha value is -1.63. The lowest BCUT2D eigenvalue weighted by Gasteiger charge is -2.21. The molecule has 0 aliphatic carbocycles. The lowest BCUT2D eigenvalue weighted by molar-refractivity contribution is -0.900. The Balaban J connectivity index is 4.17. The van der Waals surface area contributed by atoms with Crippen LogP contribution in [0.2, 0.25) is 0 Å². The minimum atomic E-state index is -0.532. The van der Waals surface area contributed by atoms with E-state index in [2.05, 4.69) is 0 Å². The third-order valence-electron chi connectivity index (χ3n) is 2.82. The van der Waals surface area contributed by atoms with Gasteiger partial charge in [0, 0.05) is 13.8 Å². The topological polar surface area (TPSA) is 83.3 Å². The van der Waals surface area contributed by atoms with Crippen molar-refractivity contribution in [3.8, 4) is 0 Å². The van der Waals surface area contributed by atoms with Gasteiger partial charge in [-0.15, -0.1) is 0 Å². The largest absolute Gasteiger partial charge is 0.460 e. The minimum absolute atomic E-state index is 0.258. The van der Waals surface area contributed by atoms with E-state index in [0.717, 1.165) is 4.90 Å². The summed E-state index contributed by atoms with van der Waals surface area (Å²) >= 11 is 0. The molecule has 0 radical (unpaired) electrons. The molecule has 0 aliphatic heterocycles. The molecule has 7 nitrogen and oxygen atoms in total. The second-order valence-corrected chi connectivity index (χ2v) is 6.07. The molecule has 0 atom stereocenters. The first-order valence-corrected chi connectivity index (χ1v) is 7.40. The molecule has 22 heavy (non-hydrogen) atoms. The minimum Gasteiger partial charge on any atom is -0.460 e. The van der Waals surface area contributed by atoms with Gasteiger partial charge >= 0.3 is 17.9 Å². The highest BCUT2D eigenvalue weighted by Gasteiger charge is 2.23. The Morgan fingerprint density at radius 3 is 1.45 bits per heavy atom. The Bertz CT molecular complexity index is 355. The highest BCUT2D eigenvalue weighted by molar-refractivity contribution is 5.75. The highest BCUT2D eigenvalue weighted by atomic mass is 16.5. The van der Waals surface area contributed by atoms with Crippen molar-refractivity contribution in [1.82, 2.24) is 0 Å². The summed E-state index contributed by atoms with van der Waals surface area (Å²) in [5.74, 6) is -0.927. The van der Waals surface area contributed by atoms with Crippen molar-refractivity contribution in [2.45, 2.75) is 34.6 Å². The first-order valence-electron chi connectivity index (χ1n) is 7.40. The van der Waals surface area contributed by atoms with Crippen LogP contribution in [0.4, 0.5) is 0 Å². The van der Waals surface area contributed by atoms with Crippen LogP contribution in [-0.4, -0.2) is 57.4 Å². The number of ether oxygens (including phenoxy) is 3. The summed E-state index contributed by atoms with van der Waals surface area (Å²) in [6.07, 6.45) is 0. The van der Waals surface area contributed by atoms with Crippen LogP contribution >= 0.6 is 0 Å². The molecule has 0 saturated heterocycles. The molecular formula is C15H28NO6+. The molecule has 0 fully saturated rings. The van der Waals surface area contributed by atoms with Crippen molar-refractivity contribution in [2.24, 2.45) is 5.41 Å². The van der Waals surface area contributed by atoms with Crippen molar-refractivity contribution in [2.75, 3.05) is 39.5 Å². The number of nitrogens with one attached hydrogen (secondary N) is 1. The average Bonchev–Trinajstić information content (AvgIpc) is 2.35. The Labute approximate surface area is 131 Å². The summed E-state index contributed by atoms with van der Waals surface area (Å²) in [5, 5.41) is 0. The van der Waals surface area contributed by atoms with E-state index in [1.54, 1.807) is 20.8 Å². The first-order chi connectivity index (χ1) is 10.1. The van der Waals surface area contributed by atoms with Crippen molar-refractivity contribution in [3.63, 3.8) is 0 Å². The third-order valence-corrected chi connectivity index (χ3v) is 2.82. The van der Waals surface area contributed by atoms with Crippen LogP contribution < -0.4 is 4.90 Å².